The smallest absolute Gasteiger partial charge is 0.332 e. The largest absolute Gasteiger partial charge is 0.417 e. The van der Waals surface area contributed by atoms with Crippen LogP contribution in [-0.4, -0.2) is 45.4 Å². The molecule has 1 heterocycles. The van der Waals surface area contributed by atoms with Gasteiger partial charge in [0.25, 0.3) is 0 Å². The van der Waals surface area contributed by atoms with Crippen molar-refractivity contribution in [2.24, 2.45) is 0 Å². The lowest BCUT2D eigenvalue weighted by Crippen LogP contribution is -3.14. The summed E-state index contributed by atoms with van der Waals surface area (Å²) in [6, 6.07) is 4.65. The van der Waals surface area contributed by atoms with Crippen molar-refractivity contribution in [2.75, 3.05) is 32.7 Å². The summed E-state index contributed by atoms with van der Waals surface area (Å²) < 4.78 is 65.0. The number of piperazine rings is 1. The molecule has 1 aliphatic rings. The number of hydrogen-bond donors (Lipinski definition) is 1. The Morgan fingerprint density at radius 3 is 2.46 bits per heavy atom. The van der Waals surface area contributed by atoms with E-state index in [2.05, 4.69) is 0 Å². The zero-order valence-electron chi connectivity index (χ0n) is 12.6. The number of benzene rings is 1. The van der Waals surface area contributed by atoms with Gasteiger partial charge >= 0.3 is 6.18 Å². The molecule has 1 N–H and O–H groups in total. The molecule has 0 unspecified atom stereocenters. The van der Waals surface area contributed by atoms with Crippen LogP contribution in [0.4, 0.5) is 13.2 Å². The molecule has 0 radical (unpaired) electrons. The first-order valence-corrected chi connectivity index (χ1v) is 9.05. The van der Waals surface area contributed by atoms with Crippen LogP contribution in [-0.2, 0) is 16.2 Å². The van der Waals surface area contributed by atoms with Crippen LogP contribution in [0.3, 0.4) is 0 Å². The maximum atomic E-state index is 12.9. The highest BCUT2D eigenvalue weighted by Gasteiger charge is 2.36. The average Bonchev–Trinajstić information content (AvgIpc) is 2.52. The molecule has 0 bridgehead atoms. The van der Waals surface area contributed by atoms with Gasteiger partial charge in [-0.3, -0.25) is 0 Å². The van der Waals surface area contributed by atoms with Crippen LogP contribution in [0.15, 0.2) is 23.1 Å². The quantitative estimate of drug-likeness (QED) is 0.850. The molecule has 1 aromatic rings. The Morgan fingerprint density at radius 2 is 1.92 bits per heavy atom. The molecule has 0 aliphatic carbocycles. The molecule has 0 saturated carbocycles. The van der Waals surface area contributed by atoms with Gasteiger partial charge in [-0.1, -0.05) is 11.6 Å². The van der Waals surface area contributed by atoms with Gasteiger partial charge in [-0.05, 0) is 18.2 Å². The minimum absolute atomic E-state index is 0.201. The second-order valence-corrected chi connectivity index (χ2v) is 7.80. The van der Waals surface area contributed by atoms with Crippen LogP contribution in [0, 0.1) is 11.3 Å². The van der Waals surface area contributed by atoms with Crippen LogP contribution >= 0.6 is 11.6 Å². The molecule has 0 aromatic heterocycles. The summed E-state index contributed by atoms with van der Waals surface area (Å²) in [7, 11) is -4.01. The van der Waals surface area contributed by atoms with Gasteiger partial charge in [0.15, 0.2) is 0 Å². The highest BCUT2D eigenvalue weighted by Crippen LogP contribution is 2.36. The predicted molar refractivity (Wildman–Crippen MR) is 81.0 cm³/mol. The summed E-state index contributed by atoms with van der Waals surface area (Å²) in [6.45, 7) is 2.06. The number of hydrogen-bond acceptors (Lipinski definition) is 3. The van der Waals surface area contributed by atoms with Gasteiger partial charge in [-0.15, -0.1) is 0 Å². The van der Waals surface area contributed by atoms with Crippen molar-refractivity contribution in [3.63, 3.8) is 0 Å². The standard InChI is InChI=1S/C14H15ClF3N3O2S/c15-13-3-2-11(10-12(13)14(16,17)18)24(22,23)21-8-6-20(7-9-21)5-1-4-19/h2-3,10H,1,5-9H2/p+1. The van der Waals surface area contributed by atoms with Crippen LogP contribution in [0.5, 0.6) is 0 Å². The van der Waals surface area contributed by atoms with E-state index in [0.717, 1.165) is 17.0 Å². The Bertz CT molecular complexity index is 739. The van der Waals surface area contributed by atoms with Crippen molar-refractivity contribution in [1.29, 1.82) is 5.26 Å². The van der Waals surface area contributed by atoms with Crippen LogP contribution in [0.1, 0.15) is 12.0 Å². The van der Waals surface area contributed by atoms with Gasteiger partial charge in [0.1, 0.15) is 0 Å². The van der Waals surface area contributed by atoms with Crippen LogP contribution in [0.2, 0.25) is 5.02 Å². The molecule has 1 aliphatic heterocycles. The molecule has 10 heteroatoms. The molecule has 1 aromatic carbocycles. The topological polar surface area (TPSA) is 65.6 Å². The zero-order valence-corrected chi connectivity index (χ0v) is 14.2. The summed E-state index contributed by atoms with van der Waals surface area (Å²) in [4.78, 5) is 0.690. The van der Waals surface area contributed by atoms with Crippen molar-refractivity contribution in [2.45, 2.75) is 17.5 Å². The molecule has 1 saturated heterocycles. The van der Waals surface area contributed by atoms with E-state index in [0.29, 0.717) is 32.1 Å². The van der Waals surface area contributed by atoms with E-state index in [-0.39, 0.29) is 13.1 Å². The van der Waals surface area contributed by atoms with Crippen molar-refractivity contribution in [3.8, 4) is 6.07 Å². The fraction of sp³-hybridized carbons (Fsp3) is 0.500. The van der Waals surface area contributed by atoms with Gasteiger partial charge in [0.2, 0.25) is 10.0 Å². The molecular weight excluding hydrogens is 367 g/mol. The van der Waals surface area contributed by atoms with Gasteiger partial charge in [-0.2, -0.15) is 22.7 Å². The van der Waals surface area contributed by atoms with Gasteiger partial charge in [0, 0.05) is 0 Å². The molecular formula is C14H16ClF3N3O2S+. The SMILES string of the molecule is N#CCC[NH+]1CCN(S(=O)(=O)c2ccc(Cl)c(C(F)(F)F)c2)CC1. The normalized spacial score (nSPS) is 17.6. The second kappa shape index (κ2) is 7.27. The number of alkyl halides is 3. The Labute approximate surface area is 143 Å². The van der Waals surface area contributed by atoms with E-state index in [1.165, 1.54) is 4.31 Å². The maximum absolute atomic E-state index is 12.9. The molecule has 0 atom stereocenters. The lowest BCUT2D eigenvalue weighted by atomic mass is 10.2. The first-order chi connectivity index (χ1) is 11.2. The Morgan fingerprint density at radius 1 is 1.29 bits per heavy atom. The third-order valence-electron chi connectivity index (χ3n) is 3.90. The lowest BCUT2D eigenvalue weighted by molar-refractivity contribution is -0.903. The van der Waals surface area contributed by atoms with E-state index in [4.69, 9.17) is 16.9 Å². The number of nitriles is 1. The van der Waals surface area contributed by atoms with E-state index >= 15 is 0 Å². The summed E-state index contributed by atoms with van der Waals surface area (Å²) in [5.41, 5.74) is -1.16. The van der Waals surface area contributed by atoms with Crippen molar-refractivity contribution in [1.82, 2.24) is 4.31 Å². The number of halogens is 4. The summed E-state index contributed by atoms with van der Waals surface area (Å²) >= 11 is 5.53. The summed E-state index contributed by atoms with van der Waals surface area (Å²) in [5, 5.41) is 8.03. The number of quaternary nitrogens is 1. The number of sulfonamides is 1. The molecule has 1 fully saturated rings. The first kappa shape index (κ1) is 19.0. The molecule has 0 amide bonds. The van der Waals surface area contributed by atoms with E-state index in [9.17, 15) is 21.6 Å². The van der Waals surface area contributed by atoms with Gasteiger partial charge < -0.3 is 4.90 Å². The molecule has 2 rings (SSSR count). The third-order valence-corrected chi connectivity index (χ3v) is 6.13. The first-order valence-electron chi connectivity index (χ1n) is 7.23. The van der Waals surface area contributed by atoms with E-state index < -0.39 is 31.7 Å². The van der Waals surface area contributed by atoms with Crippen molar-refractivity contribution < 1.29 is 26.5 Å². The maximum Gasteiger partial charge on any atom is 0.417 e. The monoisotopic (exact) mass is 382 g/mol. The highest BCUT2D eigenvalue weighted by atomic mass is 35.5. The number of nitrogens with zero attached hydrogens (tertiary/aromatic N) is 2. The predicted octanol–water partition coefficient (Wildman–Crippen LogP) is 1.16. The lowest BCUT2D eigenvalue weighted by Gasteiger charge is -2.31. The zero-order chi connectivity index (χ0) is 18.0. The molecule has 0 spiro atoms. The summed E-state index contributed by atoms with van der Waals surface area (Å²) in [5.74, 6) is 0. The van der Waals surface area contributed by atoms with Gasteiger partial charge in [-0.25, -0.2) is 8.42 Å². The highest BCUT2D eigenvalue weighted by molar-refractivity contribution is 7.89. The fourth-order valence-corrected chi connectivity index (χ4v) is 4.25. The van der Waals surface area contributed by atoms with Crippen LogP contribution in [0.25, 0.3) is 0 Å². The van der Waals surface area contributed by atoms with E-state index in [1.807, 2.05) is 6.07 Å². The minimum Gasteiger partial charge on any atom is -0.332 e. The second-order valence-electron chi connectivity index (χ2n) is 5.45. The number of nitrogens with one attached hydrogen (secondary N) is 1. The van der Waals surface area contributed by atoms with Gasteiger partial charge in [0.05, 0.1) is 60.7 Å². The minimum atomic E-state index is -4.72. The van der Waals surface area contributed by atoms with Crippen LogP contribution < -0.4 is 4.90 Å². The Kier molecular flexibility index (Phi) is 5.75. The molecule has 132 valence electrons. The Balaban J connectivity index is 2.19. The fourth-order valence-electron chi connectivity index (χ4n) is 2.56. The Hall–Kier alpha value is -1.34. The van der Waals surface area contributed by atoms with E-state index in [1.54, 1.807) is 0 Å². The number of rotatable bonds is 4. The van der Waals surface area contributed by atoms with Crippen molar-refractivity contribution in [3.05, 3.63) is 28.8 Å². The van der Waals surface area contributed by atoms with Crippen molar-refractivity contribution >= 4 is 21.6 Å². The summed E-state index contributed by atoms with van der Waals surface area (Å²) in [6.07, 6.45) is -4.34. The average molecular weight is 383 g/mol. The molecule has 5 nitrogen and oxygen atoms in total. The third kappa shape index (κ3) is 4.19. The molecule has 24 heavy (non-hydrogen) atoms.